The molecule has 0 saturated heterocycles. The van der Waals surface area contributed by atoms with Gasteiger partial charge in [0.1, 0.15) is 0 Å². The SMILES string of the molecule is NCc1cccc(CC(=O)O[SH]2C=CC=C2)c1. The molecule has 0 spiro atoms. The number of benzene rings is 1. The third-order valence-corrected chi connectivity index (χ3v) is 3.71. The van der Waals surface area contributed by atoms with Gasteiger partial charge in [-0.1, -0.05) is 47.6 Å². The van der Waals surface area contributed by atoms with Crippen LogP contribution in [0.2, 0.25) is 0 Å². The molecule has 1 aliphatic rings. The smallest absolute Gasteiger partial charge is 0.321 e. The molecule has 0 aromatic heterocycles. The second kappa shape index (κ2) is 5.70. The van der Waals surface area contributed by atoms with E-state index in [9.17, 15) is 4.79 Å². The fraction of sp³-hybridized carbons (Fsp3) is 0.154. The van der Waals surface area contributed by atoms with Crippen molar-refractivity contribution in [1.29, 1.82) is 0 Å². The standard InChI is InChI=1S/C13H15NO2S/c14-10-12-5-3-4-11(8-12)9-13(15)16-17-6-1-2-7-17/h1-8,17H,9-10,14H2. The molecule has 1 aromatic carbocycles. The van der Waals surface area contributed by atoms with E-state index in [4.69, 9.17) is 9.92 Å². The third kappa shape index (κ3) is 3.47. The Labute approximate surface area is 104 Å². The molecule has 4 heteroatoms. The van der Waals surface area contributed by atoms with Crippen LogP contribution >= 0.6 is 11.2 Å². The van der Waals surface area contributed by atoms with Crippen LogP contribution in [-0.4, -0.2) is 5.97 Å². The molecule has 2 rings (SSSR count). The Bertz CT molecular complexity index is 456. The number of nitrogens with two attached hydrogens (primary N) is 1. The quantitative estimate of drug-likeness (QED) is 0.804. The molecule has 0 fully saturated rings. The summed E-state index contributed by atoms with van der Waals surface area (Å²) in [5.74, 6) is -0.193. The van der Waals surface area contributed by atoms with Crippen LogP contribution in [0.3, 0.4) is 0 Å². The monoisotopic (exact) mass is 249 g/mol. The summed E-state index contributed by atoms with van der Waals surface area (Å²) < 4.78 is 5.31. The molecular weight excluding hydrogens is 234 g/mol. The summed E-state index contributed by atoms with van der Waals surface area (Å²) in [6, 6.07) is 7.70. The van der Waals surface area contributed by atoms with Gasteiger partial charge in [-0.3, -0.25) is 4.79 Å². The fourth-order valence-corrected chi connectivity index (χ4v) is 2.62. The summed E-state index contributed by atoms with van der Waals surface area (Å²) in [7, 11) is 0. The molecule has 1 heterocycles. The first-order chi connectivity index (χ1) is 8.28. The van der Waals surface area contributed by atoms with Crippen molar-refractivity contribution < 1.29 is 8.98 Å². The van der Waals surface area contributed by atoms with Crippen molar-refractivity contribution in [3.8, 4) is 0 Å². The van der Waals surface area contributed by atoms with Gasteiger partial charge in [-0.2, -0.15) is 0 Å². The molecule has 0 radical (unpaired) electrons. The number of hydrogen-bond donors (Lipinski definition) is 2. The minimum absolute atomic E-state index is 0.193. The molecule has 0 amide bonds. The highest BCUT2D eigenvalue weighted by Gasteiger charge is 2.09. The van der Waals surface area contributed by atoms with Crippen LogP contribution in [0.15, 0.2) is 47.2 Å². The Morgan fingerprint density at radius 3 is 2.65 bits per heavy atom. The van der Waals surface area contributed by atoms with E-state index in [1.807, 2.05) is 47.2 Å². The first-order valence-corrected chi connectivity index (χ1v) is 6.80. The molecule has 90 valence electrons. The van der Waals surface area contributed by atoms with Crippen molar-refractivity contribution >= 4 is 17.1 Å². The maximum atomic E-state index is 11.7. The van der Waals surface area contributed by atoms with Crippen LogP contribution in [0.1, 0.15) is 11.1 Å². The molecule has 2 N–H and O–H groups in total. The normalized spacial score (nSPS) is 15.2. The highest BCUT2D eigenvalue weighted by atomic mass is 32.2. The van der Waals surface area contributed by atoms with Gasteiger partial charge in [0.2, 0.25) is 0 Å². The van der Waals surface area contributed by atoms with E-state index in [0.717, 1.165) is 11.1 Å². The van der Waals surface area contributed by atoms with Gasteiger partial charge in [0.25, 0.3) is 0 Å². The van der Waals surface area contributed by atoms with Crippen molar-refractivity contribution in [2.45, 2.75) is 13.0 Å². The van der Waals surface area contributed by atoms with Gasteiger partial charge < -0.3 is 9.92 Å². The Kier molecular flexibility index (Phi) is 4.01. The number of carbonyl (C=O) groups excluding carboxylic acids is 1. The highest BCUT2D eigenvalue weighted by Crippen LogP contribution is 2.34. The summed E-state index contributed by atoms with van der Waals surface area (Å²) in [5.41, 5.74) is 7.52. The van der Waals surface area contributed by atoms with Gasteiger partial charge in [-0.05, 0) is 21.9 Å². The zero-order valence-corrected chi connectivity index (χ0v) is 10.3. The van der Waals surface area contributed by atoms with Crippen LogP contribution in [0.5, 0.6) is 0 Å². The van der Waals surface area contributed by atoms with E-state index in [-0.39, 0.29) is 5.97 Å². The molecule has 3 nitrogen and oxygen atoms in total. The first-order valence-electron chi connectivity index (χ1n) is 5.40. The second-order valence-electron chi connectivity index (χ2n) is 3.71. The fourth-order valence-electron chi connectivity index (χ4n) is 1.56. The van der Waals surface area contributed by atoms with E-state index in [1.54, 1.807) is 0 Å². The van der Waals surface area contributed by atoms with E-state index < -0.39 is 11.2 Å². The van der Waals surface area contributed by atoms with Crippen molar-refractivity contribution in [3.63, 3.8) is 0 Å². The summed E-state index contributed by atoms with van der Waals surface area (Å²) in [6.07, 6.45) is 4.09. The summed E-state index contributed by atoms with van der Waals surface area (Å²) in [6.45, 7) is 0.487. The maximum Gasteiger partial charge on any atom is 0.321 e. The van der Waals surface area contributed by atoms with Crippen LogP contribution in [0, 0.1) is 0 Å². The van der Waals surface area contributed by atoms with Crippen LogP contribution in [0.25, 0.3) is 0 Å². The van der Waals surface area contributed by atoms with E-state index >= 15 is 0 Å². The largest absolute Gasteiger partial charge is 0.410 e. The van der Waals surface area contributed by atoms with Crippen molar-refractivity contribution in [2.24, 2.45) is 5.73 Å². The average molecular weight is 249 g/mol. The second-order valence-corrected chi connectivity index (χ2v) is 5.21. The number of allylic oxidation sites excluding steroid dienone is 2. The predicted molar refractivity (Wildman–Crippen MR) is 71.4 cm³/mol. The first kappa shape index (κ1) is 12.0. The summed E-state index contributed by atoms with van der Waals surface area (Å²) in [5, 5.41) is 3.81. The molecule has 1 aromatic rings. The molecule has 17 heavy (non-hydrogen) atoms. The van der Waals surface area contributed by atoms with Gasteiger partial charge in [-0.15, -0.1) is 0 Å². The van der Waals surface area contributed by atoms with Gasteiger partial charge in [0, 0.05) is 6.54 Å². The minimum Gasteiger partial charge on any atom is -0.410 e. The predicted octanol–water partition coefficient (Wildman–Crippen LogP) is 2.19. The van der Waals surface area contributed by atoms with E-state index in [0.29, 0.717) is 13.0 Å². The zero-order chi connectivity index (χ0) is 12.1. The van der Waals surface area contributed by atoms with Crippen LogP contribution < -0.4 is 5.73 Å². The van der Waals surface area contributed by atoms with Crippen molar-refractivity contribution in [1.82, 2.24) is 0 Å². The lowest BCUT2D eigenvalue weighted by atomic mass is 10.1. The Hall–Kier alpha value is -1.52. The molecular formula is C13H15NO2S. The highest BCUT2D eigenvalue weighted by molar-refractivity contribution is 8.18. The van der Waals surface area contributed by atoms with E-state index in [1.165, 1.54) is 0 Å². The summed E-state index contributed by atoms with van der Waals surface area (Å²) in [4.78, 5) is 11.7. The van der Waals surface area contributed by atoms with Crippen molar-refractivity contribution in [2.75, 3.05) is 0 Å². The Morgan fingerprint density at radius 2 is 1.94 bits per heavy atom. The molecule has 1 aliphatic heterocycles. The molecule has 0 saturated carbocycles. The maximum absolute atomic E-state index is 11.7. The van der Waals surface area contributed by atoms with Crippen LogP contribution in [-0.2, 0) is 21.9 Å². The molecule has 0 atom stereocenters. The van der Waals surface area contributed by atoms with E-state index in [2.05, 4.69) is 0 Å². The van der Waals surface area contributed by atoms with Crippen LogP contribution in [0.4, 0.5) is 0 Å². The number of hydrogen-bond acceptors (Lipinski definition) is 3. The lowest BCUT2D eigenvalue weighted by Crippen LogP contribution is -2.05. The van der Waals surface area contributed by atoms with Gasteiger partial charge >= 0.3 is 5.97 Å². The lowest BCUT2D eigenvalue weighted by molar-refractivity contribution is -0.132. The molecule has 0 bridgehead atoms. The lowest BCUT2D eigenvalue weighted by Gasteiger charge is -2.11. The third-order valence-electron chi connectivity index (χ3n) is 2.36. The van der Waals surface area contributed by atoms with Gasteiger partial charge in [-0.25, -0.2) is 0 Å². The summed E-state index contributed by atoms with van der Waals surface area (Å²) >= 11 is -0.827. The minimum atomic E-state index is -0.827. The van der Waals surface area contributed by atoms with Gasteiger partial charge in [0.15, 0.2) is 0 Å². The average Bonchev–Trinajstić information content (AvgIpc) is 2.82. The Morgan fingerprint density at radius 1 is 1.24 bits per heavy atom. The van der Waals surface area contributed by atoms with Crippen molar-refractivity contribution in [3.05, 3.63) is 58.4 Å². The molecule has 0 aliphatic carbocycles. The Balaban J connectivity index is 1.93. The topological polar surface area (TPSA) is 52.3 Å². The zero-order valence-electron chi connectivity index (χ0n) is 9.37. The van der Waals surface area contributed by atoms with Gasteiger partial charge in [0.05, 0.1) is 6.42 Å². The number of thiol groups is 1. The number of rotatable bonds is 4. The number of carbonyl (C=O) groups is 1. The molecule has 0 unspecified atom stereocenters.